The number of ether oxygens (including phenoxy) is 3. The van der Waals surface area contributed by atoms with Crippen molar-refractivity contribution in [2.24, 2.45) is 0 Å². The molecule has 8 nitrogen and oxygen atoms in total. The number of hydrogen-bond acceptors (Lipinski definition) is 7. The molecule has 0 aliphatic rings. The number of nitro benzene ring substituents is 1. The summed E-state index contributed by atoms with van der Waals surface area (Å²) in [5.41, 5.74) is 0.424. The first-order valence-electron chi connectivity index (χ1n) is 7.13. The Balaban J connectivity index is 2.38. The summed E-state index contributed by atoms with van der Waals surface area (Å²) in [6.45, 7) is 0. The maximum Gasteiger partial charge on any atom is 0.309 e. The summed E-state index contributed by atoms with van der Waals surface area (Å²) in [4.78, 5) is 32.8. The van der Waals surface area contributed by atoms with Gasteiger partial charge in [-0.2, -0.15) is 0 Å². The molecule has 8 heteroatoms. The Kier molecular flexibility index (Phi) is 5.67. The average molecular weight is 345 g/mol. The van der Waals surface area contributed by atoms with E-state index in [1.54, 1.807) is 18.2 Å². The van der Waals surface area contributed by atoms with Gasteiger partial charge in [0.25, 0.3) is 5.69 Å². The van der Waals surface area contributed by atoms with Crippen molar-refractivity contribution in [3.8, 4) is 17.2 Å². The molecular formula is C17H15NO7. The maximum absolute atomic E-state index is 11.4. The highest BCUT2D eigenvalue weighted by Gasteiger charge is 2.15. The summed E-state index contributed by atoms with van der Waals surface area (Å²) in [6, 6.07) is 8.54. The average Bonchev–Trinajstić information content (AvgIpc) is 2.62. The lowest BCUT2D eigenvalue weighted by atomic mass is 10.1. The smallest absolute Gasteiger partial charge is 0.309 e. The minimum absolute atomic E-state index is 0.0228. The van der Waals surface area contributed by atoms with E-state index in [4.69, 9.17) is 9.47 Å². The summed E-state index contributed by atoms with van der Waals surface area (Å²) in [5, 5.41) is 10.8. The summed E-state index contributed by atoms with van der Waals surface area (Å²) >= 11 is 0. The zero-order valence-electron chi connectivity index (χ0n) is 13.6. The predicted molar refractivity (Wildman–Crippen MR) is 87.3 cm³/mol. The number of carbonyl (C=O) groups is 2. The van der Waals surface area contributed by atoms with Gasteiger partial charge in [-0.05, 0) is 23.8 Å². The Morgan fingerprint density at radius 2 is 1.84 bits per heavy atom. The number of hydrogen-bond donors (Lipinski definition) is 0. The minimum atomic E-state index is -0.603. The van der Waals surface area contributed by atoms with Gasteiger partial charge in [-0.3, -0.25) is 19.7 Å². The SMILES string of the molecule is COC(=O)Cc1ccc(OC)c(Oc2ccc([N+](=O)[O-])cc2C=O)c1. The van der Waals surface area contributed by atoms with Gasteiger partial charge in [0.2, 0.25) is 0 Å². The highest BCUT2D eigenvalue weighted by atomic mass is 16.6. The second kappa shape index (κ2) is 7.91. The van der Waals surface area contributed by atoms with Crippen molar-refractivity contribution in [3.05, 3.63) is 57.6 Å². The van der Waals surface area contributed by atoms with Gasteiger partial charge < -0.3 is 14.2 Å². The molecule has 0 bridgehead atoms. The first-order chi connectivity index (χ1) is 12.0. The molecule has 2 aromatic rings. The van der Waals surface area contributed by atoms with E-state index in [2.05, 4.69) is 4.74 Å². The van der Waals surface area contributed by atoms with Crippen LogP contribution in [0, 0.1) is 10.1 Å². The molecule has 0 unspecified atom stereocenters. The molecule has 2 aromatic carbocycles. The van der Waals surface area contributed by atoms with Gasteiger partial charge in [-0.1, -0.05) is 6.07 Å². The number of esters is 1. The third-order valence-corrected chi connectivity index (χ3v) is 3.36. The highest BCUT2D eigenvalue weighted by molar-refractivity contribution is 5.81. The molecule has 0 saturated heterocycles. The standard InChI is InChI=1S/C17H15NO7/c1-23-15-5-3-11(8-17(20)24-2)7-16(15)25-14-6-4-13(18(21)22)9-12(14)10-19/h3-7,9-10H,8H2,1-2H3. The zero-order chi connectivity index (χ0) is 18.4. The van der Waals surface area contributed by atoms with E-state index in [0.29, 0.717) is 17.6 Å². The fourth-order valence-corrected chi connectivity index (χ4v) is 2.10. The van der Waals surface area contributed by atoms with Crippen molar-refractivity contribution in [1.82, 2.24) is 0 Å². The third kappa shape index (κ3) is 4.31. The van der Waals surface area contributed by atoms with Gasteiger partial charge in [0.1, 0.15) is 5.75 Å². The van der Waals surface area contributed by atoms with Crippen LogP contribution in [0.3, 0.4) is 0 Å². The van der Waals surface area contributed by atoms with Crippen molar-refractivity contribution in [3.63, 3.8) is 0 Å². The molecule has 0 aliphatic carbocycles. The van der Waals surface area contributed by atoms with Crippen molar-refractivity contribution >= 4 is 17.9 Å². The minimum Gasteiger partial charge on any atom is -0.493 e. The van der Waals surface area contributed by atoms with E-state index in [0.717, 1.165) is 6.07 Å². The molecule has 0 fully saturated rings. The third-order valence-electron chi connectivity index (χ3n) is 3.36. The molecule has 0 amide bonds. The van der Waals surface area contributed by atoms with Crippen LogP contribution in [0.1, 0.15) is 15.9 Å². The second-order valence-electron chi connectivity index (χ2n) is 4.94. The second-order valence-corrected chi connectivity index (χ2v) is 4.94. The lowest BCUT2D eigenvalue weighted by Crippen LogP contribution is -2.04. The number of methoxy groups -OCH3 is 2. The van der Waals surface area contributed by atoms with Crippen molar-refractivity contribution in [2.45, 2.75) is 6.42 Å². The number of rotatable bonds is 7. The first-order valence-corrected chi connectivity index (χ1v) is 7.13. The van der Waals surface area contributed by atoms with Crippen LogP contribution in [0.4, 0.5) is 5.69 Å². The lowest BCUT2D eigenvalue weighted by molar-refractivity contribution is -0.384. The van der Waals surface area contributed by atoms with E-state index in [9.17, 15) is 19.7 Å². The Hall–Kier alpha value is -3.42. The van der Waals surface area contributed by atoms with Gasteiger partial charge in [-0.15, -0.1) is 0 Å². The summed E-state index contributed by atoms with van der Waals surface area (Å²) in [7, 11) is 2.73. The van der Waals surface area contributed by atoms with Crippen molar-refractivity contribution in [2.75, 3.05) is 14.2 Å². The van der Waals surface area contributed by atoms with Gasteiger partial charge in [0.15, 0.2) is 17.8 Å². The monoisotopic (exact) mass is 345 g/mol. The summed E-state index contributed by atoms with van der Waals surface area (Å²) < 4.78 is 15.5. The number of nitro groups is 1. The summed E-state index contributed by atoms with van der Waals surface area (Å²) in [6.07, 6.45) is 0.505. The van der Waals surface area contributed by atoms with Gasteiger partial charge in [-0.25, -0.2) is 0 Å². The van der Waals surface area contributed by atoms with Gasteiger partial charge in [0.05, 0.1) is 31.1 Å². The molecule has 0 N–H and O–H groups in total. The number of non-ortho nitro benzene ring substituents is 1. The van der Waals surface area contributed by atoms with Crippen LogP contribution >= 0.6 is 0 Å². The fraction of sp³-hybridized carbons (Fsp3) is 0.176. The molecule has 0 aromatic heterocycles. The lowest BCUT2D eigenvalue weighted by Gasteiger charge is -2.13. The maximum atomic E-state index is 11.4. The zero-order valence-corrected chi connectivity index (χ0v) is 13.6. The molecular weight excluding hydrogens is 330 g/mol. The molecule has 2 rings (SSSR count). The van der Waals surface area contributed by atoms with Crippen LogP contribution in [-0.2, 0) is 16.0 Å². The van der Waals surface area contributed by atoms with Crippen LogP contribution in [0.5, 0.6) is 17.2 Å². The van der Waals surface area contributed by atoms with E-state index in [-0.39, 0.29) is 29.2 Å². The quantitative estimate of drug-likeness (QED) is 0.329. The molecule has 0 radical (unpaired) electrons. The Morgan fingerprint density at radius 1 is 1.12 bits per heavy atom. The van der Waals surface area contributed by atoms with E-state index < -0.39 is 10.9 Å². The van der Waals surface area contributed by atoms with E-state index in [1.807, 2.05) is 0 Å². The van der Waals surface area contributed by atoms with Crippen LogP contribution in [-0.4, -0.2) is 31.4 Å². The molecule has 0 heterocycles. The van der Waals surface area contributed by atoms with E-state index >= 15 is 0 Å². The van der Waals surface area contributed by atoms with Crippen LogP contribution in [0.2, 0.25) is 0 Å². The number of carbonyl (C=O) groups excluding carboxylic acids is 2. The number of aldehydes is 1. The predicted octanol–water partition coefficient (Wildman–Crippen LogP) is 2.92. The normalized spacial score (nSPS) is 10.0. The molecule has 0 aliphatic heterocycles. The van der Waals surface area contributed by atoms with E-state index in [1.165, 1.54) is 26.4 Å². The van der Waals surface area contributed by atoms with Crippen molar-refractivity contribution in [1.29, 1.82) is 0 Å². The van der Waals surface area contributed by atoms with Gasteiger partial charge >= 0.3 is 5.97 Å². The molecule has 0 saturated carbocycles. The molecule has 25 heavy (non-hydrogen) atoms. The molecule has 0 atom stereocenters. The molecule has 0 spiro atoms. The van der Waals surface area contributed by atoms with Crippen molar-refractivity contribution < 1.29 is 28.7 Å². The number of benzene rings is 2. The Labute approximate surface area is 143 Å². The van der Waals surface area contributed by atoms with Crippen LogP contribution < -0.4 is 9.47 Å². The number of nitrogens with zero attached hydrogens (tertiary/aromatic N) is 1. The first kappa shape index (κ1) is 17.9. The Morgan fingerprint density at radius 3 is 2.44 bits per heavy atom. The largest absolute Gasteiger partial charge is 0.493 e. The van der Waals surface area contributed by atoms with Crippen LogP contribution in [0.15, 0.2) is 36.4 Å². The van der Waals surface area contributed by atoms with Gasteiger partial charge in [0, 0.05) is 12.1 Å². The van der Waals surface area contributed by atoms with Crippen LogP contribution in [0.25, 0.3) is 0 Å². The Bertz CT molecular complexity index is 817. The topological polar surface area (TPSA) is 105 Å². The fourth-order valence-electron chi connectivity index (χ4n) is 2.10. The molecule has 130 valence electrons. The summed E-state index contributed by atoms with van der Waals surface area (Å²) in [5.74, 6) is 0.360. The highest BCUT2D eigenvalue weighted by Crippen LogP contribution is 2.34.